The van der Waals surface area contributed by atoms with Gasteiger partial charge >= 0.3 is 0 Å². The predicted octanol–water partition coefficient (Wildman–Crippen LogP) is 3.22. The molecule has 10 heteroatoms. The third-order valence-corrected chi connectivity index (χ3v) is 5.41. The fraction of sp³-hybridized carbons (Fsp3) is 0.154. The van der Waals surface area contributed by atoms with Gasteiger partial charge in [-0.15, -0.1) is 5.10 Å². The van der Waals surface area contributed by atoms with Gasteiger partial charge in [0, 0.05) is 17.9 Å². The molecule has 2 aromatic rings. The van der Waals surface area contributed by atoms with Crippen molar-refractivity contribution in [1.82, 2.24) is 9.55 Å². The maximum atomic E-state index is 6.33. The smallest absolute Gasteiger partial charge is 0.211 e. The van der Waals surface area contributed by atoms with Crippen molar-refractivity contribution in [3.8, 4) is 11.3 Å². The molecule has 1 aliphatic rings. The van der Waals surface area contributed by atoms with Crippen LogP contribution < -0.4 is 11.5 Å². The SMILES string of the molecule is NC(N)=N/N=C\c1c(-c2ccc(Cl)c(Cl)c2Cl)nc2n1CCS2. The maximum absolute atomic E-state index is 6.33. The molecule has 0 bridgehead atoms. The molecule has 1 aromatic heterocycles. The lowest BCUT2D eigenvalue weighted by molar-refractivity contribution is 0.715. The van der Waals surface area contributed by atoms with E-state index in [9.17, 15) is 0 Å². The van der Waals surface area contributed by atoms with Crippen molar-refractivity contribution in [2.45, 2.75) is 11.7 Å². The number of benzene rings is 1. The molecule has 0 aliphatic carbocycles. The fourth-order valence-electron chi connectivity index (χ4n) is 2.19. The molecule has 1 aliphatic heterocycles. The summed E-state index contributed by atoms with van der Waals surface area (Å²) < 4.78 is 2.03. The summed E-state index contributed by atoms with van der Waals surface area (Å²) in [5.41, 5.74) is 12.7. The molecule has 2 heterocycles. The summed E-state index contributed by atoms with van der Waals surface area (Å²) in [7, 11) is 0. The number of hydrogen-bond acceptors (Lipinski definition) is 4. The van der Waals surface area contributed by atoms with Crippen LogP contribution in [0.3, 0.4) is 0 Å². The van der Waals surface area contributed by atoms with Gasteiger partial charge in [0.15, 0.2) is 5.16 Å². The van der Waals surface area contributed by atoms with Gasteiger partial charge < -0.3 is 16.0 Å². The highest BCUT2D eigenvalue weighted by Gasteiger charge is 2.24. The Kier molecular flexibility index (Phi) is 4.72. The third-order valence-electron chi connectivity index (χ3n) is 3.16. The van der Waals surface area contributed by atoms with Crippen molar-refractivity contribution in [2.75, 3.05) is 5.75 Å². The minimum absolute atomic E-state index is 0.120. The average Bonchev–Trinajstić information content (AvgIpc) is 3.07. The number of fused-ring (bicyclic) bond motifs is 1. The van der Waals surface area contributed by atoms with Crippen LogP contribution in [0.15, 0.2) is 27.5 Å². The van der Waals surface area contributed by atoms with E-state index in [0.29, 0.717) is 26.3 Å². The van der Waals surface area contributed by atoms with Gasteiger partial charge in [0.25, 0.3) is 0 Å². The summed E-state index contributed by atoms with van der Waals surface area (Å²) in [6, 6.07) is 3.46. The molecular formula is C13H11Cl3N6S. The Morgan fingerprint density at radius 3 is 2.78 bits per heavy atom. The average molecular weight is 390 g/mol. The number of imidazole rings is 1. The molecule has 23 heavy (non-hydrogen) atoms. The van der Waals surface area contributed by atoms with Crippen LogP contribution in [0.1, 0.15) is 5.69 Å². The van der Waals surface area contributed by atoms with Gasteiger partial charge in [0.1, 0.15) is 5.69 Å². The number of aromatic nitrogens is 2. The number of guanidine groups is 1. The molecular weight excluding hydrogens is 379 g/mol. The van der Waals surface area contributed by atoms with Gasteiger partial charge in [0.05, 0.1) is 27.0 Å². The molecule has 0 unspecified atom stereocenters. The monoisotopic (exact) mass is 388 g/mol. The Balaban J connectivity index is 2.15. The van der Waals surface area contributed by atoms with Crippen molar-refractivity contribution in [3.63, 3.8) is 0 Å². The molecule has 0 spiro atoms. The third kappa shape index (κ3) is 3.14. The van der Waals surface area contributed by atoms with Crippen LogP contribution in [0.25, 0.3) is 11.3 Å². The minimum Gasteiger partial charge on any atom is -0.369 e. The summed E-state index contributed by atoms with van der Waals surface area (Å²) >= 11 is 20.1. The normalized spacial score (nSPS) is 13.5. The van der Waals surface area contributed by atoms with Crippen LogP contribution in [0.5, 0.6) is 0 Å². The second kappa shape index (κ2) is 6.60. The molecule has 4 N–H and O–H groups in total. The molecule has 0 saturated carbocycles. The number of nitrogens with two attached hydrogens (primary N) is 2. The number of nitrogens with zero attached hydrogens (tertiary/aromatic N) is 4. The van der Waals surface area contributed by atoms with Crippen LogP contribution >= 0.6 is 46.6 Å². The van der Waals surface area contributed by atoms with Crippen LogP contribution in [0.2, 0.25) is 15.1 Å². The second-order valence-electron chi connectivity index (χ2n) is 4.62. The molecule has 6 nitrogen and oxygen atoms in total. The van der Waals surface area contributed by atoms with Gasteiger partial charge in [0.2, 0.25) is 5.96 Å². The quantitative estimate of drug-likeness (QED) is 0.365. The van der Waals surface area contributed by atoms with E-state index >= 15 is 0 Å². The zero-order chi connectivity index (χ0) is 16.6. The van der Waals surface area contributed by atoms with E-state index in [1.165, 1.54) is 0 Å². The minimum atomic E-state index is -0.120. The van der Waals surface area contributed by atoms with Crippen molar-refractivity contribution in [1.29, 1.82) is 0 Å². The number of thioether (sulfide) groups is 1. The van der Waals surface area contributed by atoms with Crippen molar-refractivity contribution >= 4 is 58.7 Å². The maximum Gasteiger partial charge on any atom is 0.211 e. The van der Waals surface area contributed by atoms with E-state index in [4.69, 9.17) is 46.3 Å². The van der Waals surface area contributed by atoms with Gasteiger partial charge in [-0.25, -0.2) is 4.98 Å². The Hall–Kier alpha value is -1.41. The van der Waals surface area contributed by atoms with Crippen LogP contribution in [-0.2, 0) is 6.54 Å². The van der Waals surface area contributed by atoms with Crippen LogP contribution in [0.4, 0.5) is 0 Å². The molecule has 0 amide bonds. The molecule has 120 valence electrons. The Morgan fingerprint density at radius 1 is 1.26 bits per heavy atom. The summed E-state index contributed by atoms with van der Waals surface area (Å²) in [6.07, 6.45) is 1.55. The molecule has 0 radical (unpaired) electrons. The second-order valence-corrected chi connectivity index (χ2v) is 6.85. The molecule has 0 atom stereocenters. The fourth-order valence-corrected chi connectivity index (χ4v) is 3.77. The summed E-state index contributed by atoms with van der Waals surface area (Å²) in [4.78, 5) is 4.63. The van der Waals surface area contributed by atoms with Gasteiger partial charge in [-0.05, 0) is 12.1 Å². The highest BCUT2D eigenvalue weighted by molar-refractivity contribution is 7.99. The molecule has 0 saturated heterocycles. The van der Waals surface area contributed by atoms with E-state index in [2.05, 4.69) is 15.2 Å². The first kappa shape index (κ1) is 16.4. The lowest BCUT2D eigenvalue weighted by Crippen LogP contribution is -2.21. The molecule has 3 rings (SSSR count). The molecule has 1 aromatic carbocycles. The lowest BCUT2D eigenvalue weighted by Gasteiger charge is -2.07. The first-order valence-electron chi connectivity index (χ1n) is 6.48. The highest BCUT2D eigenvalue weighted by atomic mass is 35.5. The summed E-state index contributed by atoms with van der Waals surface area (Å²) in [5.74, 6) is 0.826. The van der Waals surface area contributed by atoms with E-state index in [1.807, 2.05) is 4.57 Å². The van der Waals surface area contributed by atoms with Crippen LogP contribution in [0, 0.1) is 0 Å². The zero-order valence-corrected chi connectivity index (χ0v) is 14.7. The van der Waals surface area contributed by atoms with E-state index in [0.717, 1.165) is 23.1 Å². The van der Waals surface area contributed by atoms with Gasteiger partial charge in [-0.3, -0.25) is 0 Å². The first-order valence-corrected chi connectivity index (χ1v) is 8.60. The summed E-state index contributed by atoms with van der Waals surface area (Å²) in [5, 5.41) is 9.42. The Labute approximate surface area is 151 Å². The van der Waals surface area contributed by atoms with E-state index in [1.54, 1.807) is 30.1 Å². The largest absolute Gasteiger partial charge is 0.369 e. The Morgan fingerprint density at radius 2 is 2.04 bits per heavy atom. The zero-order valence-electron chi connectivity index (χ0n) is 11.6. The standard InChI is InChI=1S/C13H11Cl3N6S/c14-7-2-1-6(9(15)10(7)16)11-8(5-19-21-12(17)18)22-3-4-23-13(22)20-11/h1-2,5H,3-4H2,(H4,17,18,21)/b19-5-. The Bertz CT molecular complexity index is 826. The number of rotatable bonds is 3. The first-order chi connectivity index (χ1) is 11.0. The van der Waals surface area contributed by atoms with Crippen molar-refractivity contribution in [3.05, 3.63) is 32.9 Å². The predicted molar refractivity (Wildman–Crippen MR) is 96.8 cm³/mol. The molecule has 0 fully saturated rings. The van der Waals surface area contributed by atoms with Crippen molar-refractivity contribution in [2.24, 2.45) is 21.7 Å². The number of halogens is 3. The van der Waals surface area contributed by atoms with E-state index < -0.39 is 0 Å². The van der Waals surface area contributed by atoms with Crippen LogP contribution in [-0.4, -0.2) is 27.5 Å². The number of hydrogen-bond donors (Lipinski definition) is 2. The topological polar surface area (TPSA) is 94.6 Å². The highest BCUT2D eigenvalue weighted by Crippen LogP contribution is 2.40. The van der Waals surface area contributed by atoms with Gasteiger partial charge in [-0.1, -0.05) is 46.6 Å². The lowest BCUT2D eigenvalue weighted by atomic mass is 10.1. The summed E-state index contributed by atoms with van der Waals surface area (Å²) in [6.45, 7) is 0.815. The van der Waals surface area contributed by atoms with Crippen molar-refractivity contribution < 1.29 is 0 Å². The van der Waals surface area contributed by atoms with Gasteiger partial charge in [-0.2, -0.15) is 5.10 Å². The van der Waals surface area contributed by atoms with E-state index in [-0.39, 0.29) is 5.96 Å².